The maximum atomic E-state index is 13.3. The van der Waals surface area contributed by atoms with Gasteiger partial charge in [0.25, 0.3) is 10.0 Å². The number of nitrogens with one attached hydrogen (secondary N) is 1. The first-order chi connectivity index (χ1) is 13.9. The number of benzene rings is 2. The molecule has 0 bridgehead atoms. The van der Waals surface area contributed by atoms with Gasteiger partial charge in [-0.25, -0.2) is 13.2 Å². The van der Waals surface area contributed by atoms with Crippen LogP contribution in [-0.4, -0.2) is 38.3 Å². The number of ether oxygens (including phenoxy) is 1. The molecule has 0 spiro atoms. The second-order valence-corrected chi connectivity index (χ2v) is 10.2. The van der Waals surface area contributed by atoms with Gasteiger partial charge in [0.2, 0.25) is 0 Å². The highest BCUT2D eigenvalue weighted by Crippen LogP contribution is 2.30. The van der Waals surface area contributed by atoms with E-state index in [0.29, 0.717) is 15.6 Å². The topological polar surface area (TPSA) is 95.9 Å². The van der Waals surface area contributed by atoms with Gasteiger partial charge in [-0.15, -0.1) is 0 Å². The van der Waals surface area contributed by atoms with Crippen LogP contribution in [0, 0.1) is 0 Å². The predicted octanol–water partition coefficient (Wildman–Crippen LogP) is 4.21. The largest absolute Gasteiger partial charge is 0.448 e. The van der Waals surface area contributed by atoms with E-state index in [4.69, 9.17) is 27.9 Å². The number of rotatable bonds is 7. The Kier molecular flexibility index (Phi) is 7.99. The first-order valence-corrected chi connectivity index (χ1v) is 11.3. The van der Waals surface area contributed by atoms with Crippen molar-refractivity contribution >= 4 is 45.0 Å². The Morgan fingerprint density at radius 2 is 1.70 bits per heavy atom. The zero-order valence-corrected chi connectivity index (χ0v) is 19.2. The van der Waals surface area contributed by atoms with Crippen molar-refractivity contribution in [2.45, 2.75) is 37.8 Å². The minimum atomic E-state index is -4.06. The third-order valence-corrected chi connectivity index (χ3v) is 6.21. The Morgan fingerprint density at radius 1 is 1.10 bits per heavy atom. The second-order valence-electron chi connectivity index (χ2n) is 7.47. The maximum Gasteiger partial charge on any atom is 0.407 e. The highest BCUT2D eigenvalue weighted by Gasteiger charge is 2.27. The molecule has 0 aliphatic rings. The molecule has 0 atom stereocenters. The van der Waals surface area contributed by atoms with Crippen LogP contribution in [0.5, 0.6) is 0 Å². The lowest BCUT2D eigenvalue weighted by Crippen LogP contribution is -2.42. The van der Waals surface area contributed by atoms with Gasteiger partial charge in [0.05, 0.1) is 23.7 Å². The predicted molar refractivity (Wildman–Crippen MR) is 118 cm³/mol. The zero-order chi connectivity index (χ0) is 22.5. The van der Waals surface area contributed by atoms with Crippen LogP contribution >= 0.6 is 23.2 Å². The standard InChI is InChI=1S/C20H24Cl2N2O5S/c1-20(2,3)23-19(26)29-11-10-24(18-12-16(22)5-4-14(18)13-25)30(27,28)17-8-6-15(21)7-9-17/h4-9,12,25H,10-11,13H2,1-3H3,(H,23,26). The van der Waals surface area contributed by atoms with Crippen LogP contribution in [0.15, 0.2) is 47.4 Å². The molecule has 2 aromatic rings. The maximum absolute atomic E-state index is 13.3. The minimum Gasteiger partial charge on any atom is -0.448 e. The van der Waals surface area contributed by atoms with Crippen LogP contribution in [0.2, 0.25) is 10.0 Å². The first kappa shape index (κ1) is 24.3. The lowest BCUT2D eigenvalue weighted by molar-refractivity contribution is 0.141. The number of aliphatic hydroxyl groups is 1. The molecule has 2 aromatic carbocycles. The van der Waals surface area contributed by atoms with E-state index in [0.717, 1.165) is 4.31 Å². The number of nitrogens with zero attached hydrogens (tertiary/aromatic N) is 1. The number of amides is 1. The van der Waals surface area contributed by atoms with Gasteiger partial charge in [0.1, 0.15) is 6.61 Å². The zero-order valence-electron chi connectivity index (χ0n) is 16.9. The molecule has 2 rings (SSSR count). The minimum absolute atomic E-state index is 0.00471. The quantitative estimate of drug-likeness (QED) is 0.626. The summed E-state index contributed by atoms with van der Waals surface area (Å²) in [5.74, 6) is 0. The molecule has 0 radical (unpaired) electrons. The van der Waals surface area contributed by atoms with Gasteiger partial charge in [-0.1, -0.05) is 29.3 Å². The van der Waals surface area contributed by atoms with Crippen molar-refractivity contribution in [2.24, 2.45) is 0 Å². The van der Waals surface area contributed by atoms with Crippen LogP contribution in [-0.2, 0) is 21.4 Å². The molecule has 2 N–H and O–H groups in total. The third-order valence-electron chi connectivity index (χ3n) is 3.89. The van der Waals surface area contributed by atoms with Gasteiger partial charge in [-0.3, -0.25) is 4.31 Å². The summed E-state index contributed by atoms with van der Waals surface area (Å²) in [6, 6.07) is 10.2. The number of hydrogen-bond acceptors (Lipinski definition) is 5. The molecule has 1 amide bonds. The van der Waals surface area contributed by atoms with E-state index < -0.39 is 28.3 Å². The molecule has 0 heterocycles. The molecular weight excluding hydrogens is 451 g/mol. The average molecular weight is 475 g/mol. The summed E-state index contributed by atoms with van der Waals surface area (Å²) in [6.07, 6.45) is -0.667. The SMILES string of the molecule is CC(C)(C)NC(=O)OCCN(c1cc(Cl)ccc1CO)S(=O)(=O)c1ccc(Cl)cc1. The third kappa shape index (κ3) is 6.50. The fourth-order valence-corrected chi connectivity index (χ4v) is 4.34. The molecule has 30 heavy (non-hydrogen) atoms. The summed E-state index contributed by atoms with van der Waals surface area (Å²) in [5.41, 5.74) is 0.0549. The second kappa shape index (κ2) is 9.87. The van der Waals surface area contributed by atoms with E-state index >= 15 is 0 Å². The van der Waals surface area contributed by atoms with Crippen LogP contribution in [0.4, 0.5) is 10.5 Å². The molecule has 0 saturated heterocycles. The summed E-state index contributed by atoms with van der Waals surface area (Å²) in [4.78, 5) is 11.9. The van der Waals surface area contributed by atoms with Crippen molar-refractivity contribution in [1.82, 2.24) is 5.32 Å². The Morgan fingerprint density at radius 3 is 2.27 bits per heavy atom. The van der Waals surface area contributed by atoms with Gasteiger partial charge < -0.3 is 15.2 Å². The lowest BCUT2D eigenvalue weighted by atomic mass is 10.1. The van der Waals surface area contributed by atoms with E-state index in [9.17, 15) is 18.3 Å². The van der Waals surface area contributed by atoms with E-state index in [1.165, 1.54) is 36.4 Å². The van der Waals surface area contributed by atoms with Gasteiger partial charge in [-0.05, 0) is 57.2 Å². The van der Waals surface area contributed by atoms with Crippen molar-refractivity contribution < 1.29 is 23.1 Å². The molecule has 0 unspecified atom stereocenters. The number of aliphatic hydroxyl groups excluding tert-OH is 1. The molecule has 0 saturated carbocycles. The van der Waals surface area contributed by atoms with E-state index in [-0.39, 0.29) is 23.7 Å². The van der Waals surface area contributed by atoms with Crippen molar-refractivity contribution in [3.8, 4) is 0 Å². The fourth-order valence-electron chi connectivity index (χ4n) is 2.57. The summed E-state index contributed by atoms with van der Waals surface area (Å²) in [5, 5.41) is 13.0. The van der Waals surface area contributed by atoms with Crippen molar-refractivity contribution in [3.05, 3.63) is 58.1 Å². The van der Waals surface area contributed by atoms with E-state index in [1.54, 1.807) is 26.8 Å². The van der Waals surface area contributed by atoms with Gasteiger partial charge in [-0.2, -0.15) is 0 Å². The fraction of sp³-hybridized carbons (Fsp3) is 0.350. The van der Waals surface area contributed by atoms with Crippen LogP contribution in [0.3, 0.4) is 0 Å². The molecule has 10 heteroatoms. The summed E-state index contributed by atoms with van der Waals surface area (Å²) < 4.78 is 32.9. The van der Waals surface area contributed by atoms with E-state index in [2.05, 4.69) is 5.32 Å². The Bertz CT molecular complexity index is 989. The van der Waals surface area contributed by atoms with Crippen LogP contribution < -0.4 is 9.62 Å². The highest BCUT2D eigenvalue weighted by atomic mass is 35.5. The number of hydrogen-bond donors (Lipinski definition) is 2. The Balaban J connectivity index is 2.37. The van der Waals surface area contributed by atoms with Crippen molar-refractivity contribution in [3.63, 3.8) is 0 Å². The Hall–Kier alpha value is -2.00. The average Bonchev–Trinajstić information content (AvgIpc) is 2.64. The number of carbonyl (C=O) groups excluding carboxylic acids is 1. The van der Waals surface area contributed by atoms with Gasteiger partial charge in [0.15, 0.2) is 0 Å². The number of carbonyl (C=O) groups is 1. The van der Waals surface area contributed by atoms with Crippen molar-refractivity contribution in [2.75, 3.05) is 17.5 Å². The molecule has 0 aliphatic carbocycles. The molecule has 7 nitrogen and oxygen atoms in total. The lowest BCUT2D eigenvalue weighted by Gasteiger charge is -2.27. The normalized spacial score (nSPS) is 11.8. The van der Waals surface area contributed by atoms with Gasteiger partial charge >= 0.3 is 6.09 Å². The first-order valence-electron chi connectivity index (χ1n) is 9.06. The number of halogens is 2. The number of sulfonamides is 1. The van der Waals surface area contributed by atoms with Crippen molar-refractivity contribution in [1.29, 1.82) is 0 Å². The monoisotopic (exact) mass is 474 g/mol. The molecule has 164 valence electrons. The smallest absolute Gasteiger partial charge is 0.407 e. The highest BCUT2D eigenvalue weighted by molar-refractivity contribution is 7.92. The molecule has 0 aliphatic heterocycles. The molecule has 0 fully saturated rings. The Labute approximate surface area is 186 Å². The number of anilines is 1. The number of alkyl carbamates (subject to hydrolysis) is 1. The van der Waals surface area contributed by atoms with Crippen LogP contribution in [0.1, 0.15) is 26.3 Å². The summed E-state index contributed by atoms with van der Waals surface area (Å²) in [6.45, 7) is 4.59. The molecular formula is C20H24Cl2N2O5S. The van der Waals surface area contributed by atoms with Crippen LogP contribution in [0.25, 0.3) is 0 Å². The van der Waals surface area contributed by atoms with E-state index in [1.807, 2.05) is 0 Å². The van der Waals surface area contributed by atoms with Gasteiger partial charge in [0, 0.05) is 21.1 Å². The summed E-state index contributed by atoms with van der Waals surface area (Å²) in [7, 11) is -4.06. The summed E-state index contributed by atoms with van der Waals surface area (Å²) >= 11 is 12.0. The molecule has 0 aromatic heterocycles.